The number of hydrogen-bond acceptors (Lipinski definition) is 7. The second-order valence-corrected chi connectivity index (χ2v) is 8.84. The van der Waals surface area contributed by atoms with Crippen LogP contribution in [0.15, 0.2) is 30.6 Å². The number of anilines is 4. The van der Waals surface area contributed by atoms with Crippen molar-refractivity contribution in [3.05, 3.63) is 47.8 Å². The van der Waals surface area contributed by atoms with Crippen LogP contribution in [0.25, 0.3) is 10.9 Å². The van der Waals surface area contributed by atoms with Gasteiger partial charge in [-0.2, -0.15) is 0 Å². The fourth-order valence-corrected chi connectivity index (χ4v) is 4.92. The van der Waals surface area contributed by atoms with Crippen LogP contribution in [0.1, 0.15) is 18.4 Å². The van der Waals surface area contributed by atoms with Gasteiger partial charge in [0.1, 0.15) is 23.5 Å². The SMILES string of the molecule is CNC(=O)C1CCCN1c1nc2cc(F)cc(F)c2c(Nc2cncc(N3CCOCC3)c2)c1C. The molecule has 0 saturated carbocycles. The summed E-state index contributed by atoms with van der Waals surface area (Å²) in [5.74, 6) is -0.978. The lowest BCUT2D eigenvalue weighted by Gasteiger charge is -2.29. The highest BCUT2D eigenvalue weighted by atomic mass is 19.1. The minimum atomic E-state index is -0.705. The zero-order chi connectivity index (χ0) is 24.5. The number of carbonyl (C=O) groups excluding carboxylic acids is 1. The van der Waals surface area contributed by atoms with Crippen LogP contribution in [0.5, 0.6) is 0 Å². The van der Waals surface area contributed by atoms with Crippen molar-refractivity contribution in [3.8, 4) is 0 Å². The summed E-state index contributed by atoms with van der Waals surface area (Å²) in [6, 6.07) is 3.65. The van der Waals surface area contributed by atoms with E-state index in [9.17, 15) is 9.18 Å². The number of ether oxygens (including phenoxy) is 1. The number of amides is 1. The lowest BCUT2D eigenvalue weighted by atomic mass is 10.1. The van der Waals surface area contributed by atoms with E-state index in [4.69, 9.17) is 4.74 Å². The lowest BCUT2D eigenvalue weighted by Crippen LogP contribution is -2.42. The van der Waals surface area contributed by atoms with Crippen LogP contribution in [0.3, 0.4) is 0 Å². The molecule has 0 bridgehead atoms. The van der Waals surface area contributed by atoms with E-state index in [0.717, 1.165) is 31.3 Å². The van der Waals surface area contributed by atoms with E-state index in [1.165, 1.54) is 6.07 Å². The van der Waals surface area contributed by atoms with Crippen molar-refractivity contribution in [1.82, 2.24) is 15.3 Å². The number of fused-ring (bicyclic) bond motifs is 1. The number of nitrogens with zero attached hydrogens (tertiary/aromatic N) is 4. The number of carbonyl (C=O) groups is 1. The van der Waals surface area contributed by atoms with Crippen LogP contribution in [-0.2, 0) is 9.53 Å². The van der Waals surface area contributed by atoms with Crippen molar-refractivity contribution in [1.29, 1.82) is 0 Å². The molecule has 0 radical (unpaired) electrons. The minimum Gasteiger partial charge on any atom is -0.378 e. The lowest BCUT2D eigenvalue weighted by molar-refractivity contribution is -0.121. The van der Waals surface area contributed by atoms with E-state index in [-0.39, 0.29) is 22.9 Å². The van der Waals surface area contributed by atoms with Gasteiger partial charge in [0.25, 0.3) is 0 Å². The molecule has 2 aliphatic heterocycles. The van der Waals surface area contributed by atoms with Crippen molar-refractivity contribution in [2.75, 3.05) is 55.0 Å². The molecule has 1 unspecified atom stereocenters. The topological polar surface area (TPSA) is 82.6 Å². The van der Waals surface area contributed by atoms with Crippen LogP contribution in [0.2, 0.25) is 0 Å². The molecule has 2 fully saturated rings. The molecule has 3 aromatic rings. The van der Waals surface area contributed by atoms with Crippen molar-refractivity contribution >= 4 is 39.7 Å². The Labute approximate surface area is 202 Å². The van der Waals surface area contributed by atoms with E-state index in [1.54, 1.807) is 19.4 Å². The molecule has 2 aliphatic rings. The Hall–Kier alpha value is -3.53. The number of likely N-dealkylation sites (N-methyl/N-ethyl adjacent to an activating group) is 1. The number of morpholine rings is 1. The molecule has 8 nitrogen and oxygen atoms in total. The highest BCUT2D eigenvalue weighted by Gasteiger charge is 2.33. The van der Waals surface area contributed by atoms with Crippen LogP contribution in [0, 0.1) is 18.6 Å². The van der Waals surface area contributed by atoms with Gasteiger partial charge in [0.2, 0.25) is 5.91 Å². The Morgan fingerprint density at radius 1 is 1.14 bits per heavy atom. The van der Waals surface area contributed by atoms with Gasteiger partial charge in [0.05, 0.1) is 53.6 Å². The second-order valence-electron chi connectivity index (χ2n) is 8.84. The Kier molecular flexibility index (Phi) is 6.38. The Morgan fingerprint density at radius 3 is 2.71 bits per heavy atom. The quantitative estimate of drug-likeness (QED) is 0.576. The number of nitrogens with one attached hydrogen (secondary N) is 2. The minimum absolute atomic E-state index is 0.105. The smallest absolute Gasteiger partial charge is 0.242 e. The van der Waals surface area contributed by atoms with Crippen LogP contribution in [0.4, 0.5) is 31.7 Å². The Bertz CT molecular complexity index is 1260. The summed E-state index contributed by atoms with van der Waals surface area (Å²) in [6.07, 6.45) is 4.96. The van der Waals surface area contributed by atoms with Gasteiger partial charge < -0.3 is 25.2 Å². The summed E-state index contributed by atoms with van der Waals surface area (Å²) in [4.78, 5) is 25.6. The molecular formula is C25H28F2N6O2. The van der Waals surface area contributed by atoms with E-state index < -0.39 is 11.6 Å². The predicted octanol–water partition coefficient (Wildman–Crippen LogP) is 3.51. The monoisotopic (exact) mass is 482 g/mol. The van der Waals surface area contributed by atoms with Crippen LogP contribution >= 0.6 is 0 Å². The average molecular weight is 483 g/mol. The first-order chi connectivity index (χ1) is 17.0. The fourth-order valence-electron chi connectivity index (χ4n) is 4.92. The zero-order valence-electron chi connectivity index (χ0n) is 19.8. The molecule has 2 aromatic heterocycles. The van der Waals surface area contributed by atoms with Gasteiger partial charge in [0, 0.05) is 44.4 Å². The number of rotatable bonds is 5. The largest absolute Gasteiger partial charge is 0.378 e. The highest BCUT2D eigenvalue weighted by Crippen LogP contribution is 2.39. The third-order valence-corrected chi connectivity index (χ3v) is 6.66. The summed E-state index contributed by atoms with van der Waals surface area (Å²) in [5, 5.41) is 6.23. The number of benzene rings is 1. The maximum absolute atomic E-state index is 15.1. The van der Waals surface area contributed by atoms with E-state index >= 15 is 4.39 Å². The molecule has 1 aromatic carbocycles. The molecule has 10 heteroatoms. The third kappa shape index (κ3) is 4.45. The zero-order valence-corrected chi connectivity index (χ0v) is 19.8. The number of hydrogen-bond donors (Lipinski definition) is 2. The van der Waals surface area contributed by atoms with Crippen molar-refractivity contribution < 1.29 is 18.3 Å². The van der Waals surface area contributed by atoms with Gasteiger partial charge in [-0.05, 0) is 25.8 Å². The molecule has 2 saturated heterocycles. The normalized spacial score (nSPS) is 18.2. The molecule has 4 heterocycles. The standard InChI is InChI=1S/C25H28F2N6O2/c1-15-23(30-17-12-18(14-29-13-17)32-6-8-35-9-7-32)22-19(27)10-16(26)11-20(22)31-24(15)33-5-3-4-21(33)25(34)28-2/h10-14,21H,3-9H2,1-2H3,(H,28,34)(H,30,31). The first-order valence-corrected chi connectivity index (χ1v) is 11.8. The van der Waals surface area contributed by atoms with Gasteiger partial charge in [-0.1, -0.05) is 0 Å². The van der Waals surface area contributed by atoms with Gasteiger partial charge >= 0.3 is 0 Å². The number of pyridine rings is 2. The molecular weight excluding hydrogens is 454 g/mol. The average Bonchev–Trinajstić information content (AvgIpc) is 3.35. The molecule has 0 spiro atoms. The summed E-state index contributed by atoms with van der Waals surface area (Å²) < 4.78 is 34.7. The first kappa shape index (κ1) is 23.2. The maximum atomic E-state index is 15.1. The van der Waals surface area contributed by atoms with E-state index in [0.29, 0.717) is 48.9 Å². The first-order valence-electron chi connectivity index (χ1n) is 11.8. The number of halogens is 2. The third-order valence-electron chi connectivity index (χ3n) is 6.66. The Morgan fingerprint density at radius 2 is 1.94 bits per heavy atom. The predicted molar refractivity (Wildman–Crippen MR) is 131 cm³/mol. The molecule has 5 rings (SSSR count). The van der Waals surface area contributed by atoms with E-state index in [2.05, 4.69) is 25.5 Å². The van der Waals surface area contributed by atoms with Crippen molar-refractivity contribution in [2.24, 2.45) is 0 Å². The summed E-state index contributed by atoms with van der Waals surface area (Å²) >= 11 is 0. The maximum Gasteiger partial charge on any atom is 0.242 e. The highest BCUT2D eigenvalue weighted by molar-refractivity contribution is 5.98. The Balaban J connectivity index is 1.60. The van der Waals surface area contributed by atoms with Gasteiger partial charge in [0.15, 0.2) is 0 Å². The van der Waals surface area contributed by atoms with E-state index in [1.807, 2.05) is 17.9 Å². The summed E-state index contributed by atoms with van der Waals surface area (Å²) in [5.41, 5.74) is 2.94. The van der Waals surface area contributed by atoms with Crippen LogP contribution < -0.4 is 20.4 Å². The van der Waals surface area contributed by atoms with Crippen molar-refractivity contribution in [2.45, 2.75) is 25.8 Å². The summed E-state index contributed by atoms with van der Waals surface area (Å²) in [7, 11) is 1.60. The molecule has 1 atom stereocenters. The van der Waals surface area contributed by atoms with Gasteiger partial charge in [-0.15, -0.1) is 0 Å². The molecule has 0 aliphatic carbocycles. The summed E-state index contributed by atoms with van der Waals surface area (Å²) in [6.45, 7) is 5.28. The molecule has 2 N–H and O–H groups in total. The molecule has 184 valence electrons. The molecule has 35 heavy (non-hydrogen) atoms. The van der Waals surface area contributed by atoms with Crippen LogP contribution in [-0.4, -0.2) is 61.8 Å². The molecule has 1 amide bonds. The fraction of sp³-hybridized carbons (Fsp3) is 0.400. The van der Waals surface area contributed by atoms with Crippen molar-refractivity contribution in [3.63, 3.8) is 0 Å². The second kappa shape index (κ2) is 9.61. The van der Waals surface area contributed by atoms with Gasteiger partial charge in [-0.25, -0.2) is 13.8 Å². The van der Waals surface area contributed by atoms with Gasteiger partial charge in [-0.3, -0.25) is 9.78 Å². The number of aromatic nitrogens is 2.